The predicted molar refractivity (Wildman–Crippen MR) is 96.2 cm³/mol. The van der Waals surface area contributed by atoms with Gasteiger partial charge >= 0.3 is 0 Å². The van der Waals surface area contributed by atoms with Crippen LogP contribution < -0.4 is 4.74 Å². The van der Waals surface area contributed by atoms with Crippen LogP contribution in [0.2, 0.25) is 0 Å². The van der Waals surface area contributed by atoms with Gasteiger partial charge in [-0.05, 0) is 56.5 Å². The lowest BCUT2D eigenvalue weighted by molar-refractivity contribution is 0.198. The first kappa shape index (κ1) is 16.9. The Morgan fingerprint density at radius 3 is 2.96 bits per heavy atom. The van der Waals surface area contributed by atoms with E-state index in [2.05, 4.69) is 47.3 Å². The van der Waals surface area contributed by atoms with Crippen molar-refractivity contribution in [3.63, 3.8) is 0 Å². The van der Waals surface area contributed by atoms with Crippen molar-refractivity contribution < 1.29 is 9.84 Å². The minimum Gasteiger partial charge on any atom is -0.490 e. The summed E-state index contributed by atoms with van der Waals surface area (Å²) in [5.74, 6) is 0.827. The third-order valence-electron chi connectivity index (χ3n) is 4.71. The summed E-state index contributed by atoms with van der Waals surface area (Å²) < 4.78 is 5.98. The summed E-state index contributed by atoms with van der Waals surface area (Å²) in [6.07, 6.45) is 7.80. The van der Waals surface area contributed by atoms with Gasteiger partial charge in [0.15, 0.2) is 0 Å². The zero-order valence-electron chi connectivity index (χ0n) is 14.3. The van der Waals surface area contributed by atoms with Crippen molar-refractivity contribution in [2.24, 2.45) is 0 Å². The Balaban J connectivity index is 1.68. The van der Waals surface area contributed by atoms with E-state index >= 15 is 0 Å². The van der Waals surface area contributed by atoms with Crippen LogP contribution in [0.4, 0.5) is 0 Å². The Morgan fingerprint density at radius 2 is 2.17 bits per heavy atom. The Bertz CT molecular complexity index is 660. The second kappa shape index (κ2) is 8.27. The number of pyridine rings is 1. The van der Waals surface area contributed by atoms with E-state index in [9.17, 15) is 0 Å². The van der Waals surface area contributed by atoms with Gasteiger partial charge in [-0.15, -0.1) is 0 Å². The molecule has 3 rings (SSSR count). The van der Waals surface area contributed by atoms with Crippen molar-refractivity contribution in [2.45, 2.75) is 31.7 Å². The van der Waals surface area contributed by atoms with Gasteiger partial charge in [-0.25, -0.2) is 0 Å². The molecular weight excluding hydrogens is 300 g/mol. The van der Waals surface area contributed by atoms with E-state index in [0.717, 1.165) is 42.9 Å². The summed E-state index contributed by atoms with van der Waals surface area (Å²) >= 11 is 0. The Labute approximate surface area is 144 Å². The summed E-state index contributed by atoms with van der Waals surface area (Å²) in [5.41, 5.74) is 3.44. The van der Waals surface area contributed by atoms with Crippen LogP contribution in [-0.2, 0) is 6.42 Å². The highest BCUT2D eigenvalue weighted by atomic mass is 16.5. The van der Waals surface area contributed by atoms with Gasteiger partial charge in [-0.1, -0.05) is 24.3 Å². The maximum atomic E-state index is 8.99. The number of ether oxygens (including phenoxy) is 1. The van der Waals surface area contributed by atoms with Crippen molar-refractivity contribution in [2.75, 3.05) is 26.8 Å². The first-order valence-electron chi connectivity index (χ1n) is 8.74. The standard InChI is InChI=1S/C20H26N2O2/c1-22-9-3-8-19(22)15-24-20-12-18(13-21-14-20)17-7-2-5-16(11-17)6-4-10-23/h2,5,7,11-14,19,23H,3-4,6,8-10,15H2,1H3. The quantitative estimate of drug-likeness (QED) is 0.849. The van der Waals surface area contributed by atoms with E-state index in [4.69, 9.17) is 9.84 Å². The number of hydrogen-bond acceptors (Lipinski definition) is 4. The lowest BCUT2D eigenvalue weighted by Crippen LogP contribution is -2.30. The van der Waals surface area contributed by atoms with Crippen molar-refractivity contribution >= 4 is 0 Å². The zero-order chi connectivity index (χ0) is 16.8. The minimum absolute atomic E-state index is 0.227. The Morgan fingerprint density at radius 1 is 1.25 bits per heavy atom. The van der Waals surface area contributed by atoms with E-state index in [1.807, 2.05) is 6.20 Å². The molecule has 0 radical (unpaired) electrons. The maximum Gasteiger partial charge on any atom is 0.138 e. The van der Waals surface area contributed by atoms with Crippen LogP contribution in [0.3, 0.4) is 0 Å². The fourth-order valence-corrected chi connectivity index (χ4v) is 3.23. The van der Waals surface area contributed by atoms with Gasteiger partial charge in [0.25, 0.3) is 0 Å². The van der Waals surface area contributed by atoms with Crippen LogP contribution in [0.15, 0.2) is 42.7 Å². The number of aromatic nitrogens is 1. The lowest BCUT2D eigenvalue weighted by Gasteiger charge is -2.19. The summed E-state index contributed by atoms with van der Waals surface area (Å²) in [7, 11) is 2.16. The average Bonchev–Trinajstić information content (AvgIpc) is 3.04. The van der Waals surface area contributed by atoms with Crippen LogP contribution in [0, 0.1) is 0 Å². The molecule has 0 saturated carbocycles. The monoisotopic (exact) mass is 326 g/mol. The molecule has 0 spiro atoms. The fourth-order valence-electron chi connectivity index (χ4n) is 3.23. The highest BCUT2D eigenvalue weighted by molar-refractivity contribution is 5.64. The molecule has 1 aliphatic rings. The SMILES string of the molecule is CN1CCCC1COc1cncc(-c2cccc(CCCO)c2)c1. The van der Waals surface area contributed by atoms with Gasteiger partial charge in [-0.3, -0.25) is 4.98 Å². The maximum absolute atomic E-state index is 8.99. The minimum atomic E-state index is 0.227. The largest absolute Gasteiger partial charge is 0.490 e. The number of aryl methyl sites for hydroxylation is 1. The van der Waals surface area contributed by atoms with Gasteiger partial charge < -0.3 is 14.7 Å². The summed E-state index contributed by atoms with van der Waals surface area (Å²) in [5, 5.41) is 8.99. The second-order valence-corrected chi connectivity index (χ2v) is 6.52. The number of aliphatic hydroxyl groups excluding tert-OH is 1. The van der Waals surface area contributed by atoms with Gasteiger partial charge in [-0.2, -0.15) is 0 Å². The first-order chi connectivity index (χ1) is 11.8. The molecule has 1 aromatic carbocycles. The number of rotatable bonds is 7. The third kappa shape index (κ3) is 4.34. The molecule has 1 unspecified atom stereocenters. The van der Waals surface area contributed by atoms with E-state index < -0.39 is 0 Å². The number of likely N-dealkylation sites (tertiary alicyclic amines) is 1. The summed E-state index contributed by atoms with van der Waals surface area (Å²) in [6, 6.07) is 11.0. The van der Waals surface area contributed by atoms with E-state index in [-0.39, 0.29) is 6.61 Å². The summed E-state index contributed by atoms with van der Waals surface area (Å²) in [4.78, 5) is 6.70. The third-order valence-corrected chi connectivity index (χ3v) is 4.71. The molecule has 1 aliphatic heterocycles. The summed E-state index contributed by atoms with van der Waals surface area (Å²) in [6.45, 7) is 2.11. The second-order valence-electron chi connectivity index (χ2n) is 6.52. The number of benzene rings is 1. The molecule has 0 bridgehead atoms. The van der Waals surface area contributed by atoms with E-state index in [1.54, 1.807) is 6.20 Å². The predicted octanol–water partition coefficient (Wildman–Crippen LogP) is 3.15. The fraction of sp³-hybridized carbons (Fsp3) is 0.450. The Hall–Kier alpha value is -1.91. The van der Waals surface area contributed by atoms with Crippen molar-refractivity contribution in [3.05, 3.63) is 48.3 Å². The molecule has 128 valence electrons. The van der Waals surface area contributed by atoms with Gasteiger partial charge in [0.2, 0.25) is 0 Å². The first-order valence-corrected chi connectivity index (χ1v) is 8.74. The molecule has 0 aliphatic carbocycles. The van der Waals surface area contributed by atoms with E-state index in [0.29, 0.717) is 6.04 Å². The molecule has 0 amide bonds. The van der Waals surface area contributed by atoms with Crippen LogP contribution in [0.5, 0.6) is 5.75 Å². The number of likely N-dealkylation sites (N-methyl/N-ethyl adjacent to an activating group) is 1. The van der Waals surface area contributed by atoms with Gasteiger partial charge in [0.05, 0.1) is 6.20 Å². The molecule has 1 fully saturated rings. The van der Waals surface area contributed by atoms with Crippen molar-refractivity contribution in [3.8, 4) is 16.9 Å². The van der Waals surface area contributed by atoms with Crippen molar-refractivity contribution in [1.82, 2.24) is 9.88 Å². The molecule has 1 atom stereocenters. The van der Waals surface area contributed by atoms with Crippen molar-refractivity contribution in [1.29, 1.82) is 0 Å². The average molecular weight is 326 g/mol. The topological polar surface area (TPSA) is 45.6 Å². The highest BCUT2D eigenvalue weighted by Gasteiger charge is 2.21. The zero-order valence-corrected chi connectivity index (χ0v) is 14.3. The molecule has 2 aromatic rings. The molecule has 1 N–H and O–H groups in total. The van der Waals surface area contributed by atoms with Crippen LogP contribution in [0.1, 0.15) is 24.8 Å². The molecule has 1 saturated heterocycles. The highest BCUT2D eigenvalue weighted by Crippen LogP contribution is 2.25. The van der Waals surface area contributed by atoms with Crippen LogP contribution in [-0.4, -0.2) is 47.8 Å². The smallest absolute Gasteiger partial charge is 0.138 e. The number of hydrogen-bond donors (Lipinski definition) is 1. The molecule has 24 heavy (non-hydrogen) atoms. The van der Waals surface area contributed by atoms with E-state index in [1.165, 1.54) is 18.4 Å². The van der Waals surface area contributed by atoms with Gasteiger partial charge in [0.1, 0.15) is 12.4 Å². The molecular formula is C20H26N2O2. The molecule has 4 heteroatoms. The normalized spacial score (nSPS) is 18.0. The molecule has 2 heterocycles. The van der Waals surface area contributed by atoms with Gasteiger partial charge in [0, 0.05) is 24.4 Å². The number of nitrogens with zero attached hydrogens (tertiary/aromatic N) is 2. The number of aliphatic hydroxyl groups is 1. The molecule has 1 aromatic heterocycles. The lowest BCUT2D eigenvalue weighted by atomic mass is 10.0. The van der Waals surface area contributed by atoms with Crippen LogP contribution >= 0.6 is 0 Å². The molecule has 4 nitrogen and oxygen atoms in total. The van der Waals surface area contributed by atoms with Crippen LogP contribution in [0.25, 0.3) is 11.1 Å². The Kier molecular flexibility index (Phi) is 5.83.